The number of carbonyl (C=O) groups excluding carboxylic acids is 1. The summed E-state index contributed by atoms with van der Waals surface area (Å²) in [7, 11) is 2.19. The molecule has 0 aliphatic heterocycles. The summed E-state index contributed by atoms with van der Waals surface area (Å²) in [6.07, 6.45) is 1.72. The van der Waals surface area contributed by atoms with Crippen LogP contribution in [0.15, 0.2) is 17.0 Å². The van der Waals surface area contributed by atoms with Gasteiger partial charge in [0.1, 0.15) is 0 Å². The highest BCUT2D eigenvalue weighted by Crippen LogP contribution is 2.31. The van der Waals surface area contributed by atoms with Crippen molar-refractivity contribution in [1.82, 2.24) is 0 Å². The highest BCUT2D eigenvalue weighted by molar-refractivity contribution is 7.99. The molecular formula is C12H13F2O2PS. The van der Waals surface area contributed by atoms with Crippen LogP contribution in [0.4, 0.5) is 8.78 Å². The van der Waals surface area contributed by atoms with E-state index in [1.54, 1.807) is 6.26 Å². The van der Waals surface area contributed by atoms with E-state index in [4.69, 9.17) is 0 Å². The van der Waals surface area contributed by atoms with Gasteiger partial charge < -0.3 is 4.74 Å². The van der Waals surface area contributed by atoms with Gasteiger partial charge in [0.15, 0.2) is 11.6 Å². The van der Waals surface area contributed by atoms with Crippen LogP contribution in [-0.2, 0) is 4.79 Å². The van der Waals surface area contributed by atoms with E-state index in [-0.39, 0.29) is 16.4 Å². The maximum atomic E-state index is 13.9. The van der Waals surface area contributed by atoms with Gasteiger partial charge in [0.05, 0.1) is 0 Å². The van der Waals surface area contributed by atoms with Crippen LogP contribution < -0.4 is 10.0 Å². The largest absolute Gasteiger partial charge is 0.417 e. The number of benzene rings is 1. The first kappa shape index (κ1) is 15.1. The number of ether oxygens (including phenoxy) is 1. The molecule has 18 heavy (non-hydrogen) atoms. The monoisotopic (exact) mass is 290 g/mol. The summed E-state index contributed by atoms with van der Waals surface area (Å²) in [5.41, 5.74) is 0.323. The third-order valence-electron chi connectivity index (χ3n) is 2.30. The lowest BCUT2D eigenvalue weighted by Crippen LogP contribution is -2.16. The number of thioether (sulfide) groups is 1. The molecule has 0 aromatic heterocycles. The first-order valence-corrected chi connectivity index (χ1v) is 6.80. The van der Waals surface area contributed by atoms with Crippen LogP contribution in [-0.4, -0.2) is 12.2 Å². The highest BCUT2D eigenvalue weighted by atomic mass is 32.2. The number of halogens is 2. The molecule has 0 N–H and O–H groups in total. The Hall–Kier alpha value is -0.930. The predicted molar refractivity (Wildman–Crippen MR) is 72.7 cm³/mol. The molecule has 0 fully saturated rings. The van der Waals surface area contributed by atoms with Gasteiger partial charge in [-0.25, -0.2) is 13.6 Å². The minimum atomic E-state index is -0.887. The van der Waals surface area contributed by atoms with Crippen LogP contribution >= 0.6 is 21.0 Å². The van der Waals surface area contributed by atoms with Crippen LogP contribution in [0.2, 0.25) is 0 Å². The van der Waals surface area contributed by atoms with Crippen molar-refractivity contribution in [1.29, 1.82) is 0 Å². The molecule has 1 aromatic carbocycles. The molecule has 2 nitrogen and oxygen atoms in total. The average Bonchev–Trinajstić information content (AvgIpc) is 2.32. The van der Waals surface area contributed by atoms with E-state index in [9.17, 15) is 13.6 Å². The molecule has 0 heterocycles. The Morgan fingerprint density at radius 1 is 1.39 bits per heavy atom. The van der Waals surface area contributed by atoms with Crippen molar-refractivity contribution in [3.05, 3.63) is 29.3 Å². The number of hydrogen-bond donors (Lipinski definition) is 0. The van der Waals surface area contributed by atoms with Crippen molar-refractivity contribution < 1.29 is 18.3 Å². The maximum absolute atomic E-state index is 13.9. The lowest BCUT2D eigenvalue weighted by Gasteiger charge is -2.14. The van der Waals surface area contributed by atoms with Gasteiger partial charge >= 0.3 is 5.97 Å². The zero-order chi connectivity index (χ0) is 14.0. The predicted octanol–water partition coefficient (Wildman–Crippen LogP) is 2.98. The van der Waals surface area contributed by atoms with Gasteiger partial charge in [0, 0.05) is 21.3 Å². The fourth-order valence-electron chi connectivity index (χ4n) is 1.32. The van der Waals surface area contributed by atoms with E-state index < -0.39 is 23.4 Å². The van der Waals surface area contributed by atoms with Crippen LogP contribution in [0.3, 0.4) is 0 Å². The highest BCUT2D eigenvalue weighted by Gasteiger charge is 2.23. The summed E-state index contributed by atoms with van der Waals surface area (Å²) in [6.45, 7) is 6.27. The Balaban J connectivity index is 3.38. The summed E-state index contributed by atoms with van der Waals surface area (Å²) < 4.78 is 32.6. The topological polar surface area (TPSA) is 26.3 Å². The van der Waals surface area contributed by atoms with Gasteiger partial charge in [-0.3, -0.25) is 0 Å². The second-order valence-corrected chi connectivity index (χ2v) is 5.09. The summed E-state index contributed by atoms with van der Waals surface area (Å²) in [6, 6.07) is 0. The molecule has 0 saturated carbocycles. The number of hydrogen-bond acceptors (Lipinski definition) is 3. The van der Waals surface area contributed by atoms with Crippen molar-refractivity contribution in [2.24, 2.45) is 0 Å². The average molecular weight is 290 g/mol. The smallest absolute Gasteiger partial charge is 0.338 e. The Morgan fingerprint density at radius 3 is 2.39 bits per heavy atom. The zero-order valence-electron chi connectivity index (χ0n) is 10.3. The van der Waals surface area contributed by atoms with Crippen LogP contribution in [0.1, 0.15) is 12.5 Å². The molecule has 0 amide bonds. The van der Waals surface area contributed by atoms with Crippen molar-refractivity contribution in [3.63, 3.8) is 0 Å². The van der Waals surface area contributed by atoms with Crippen molar-refractivity contribution in [2.45, 2.75) is 18.7 Å². The van der Waals surface area contributed by atoms with Crippen molar-refractivity contribution in [3.8, 4) is 5.75 Å². The number of rotatable bonds is 3. The minimum Gasteiger partial charge on any atom is -0.417 e. The first-order chi connectivity index (χ1) is 8.31. The molecule has 6 heteroatoms. The molecule has 0 spiro atoms. The molecule has 0 bridgehead atoms. The Labute approximate surface area is 111 Å². The van der Waals surface area contributed by atoms with Gasteiger partial charge in [-0.1, -0.05) is 6.58 Å². The summed E-state index contributed by atoms with van der Waals surface area (Å²) >= 11 is 1.23. The Bertz CT molecular complexity index is 500. The molecule has 1 aromatic rings. The molecule has 0 radical (unpaired) electrons. The van der Waals surface area contributed by atoms with E-state index in [2.05, 4.69) is 20.6 Å². The molecular weight excluding hydrogens is 277 g/mol. The second-order valence-electron chi connectivity index (χ2n) is 3.70. The van der Waals surface area contributed by atoms with E-state index >= 15 is 0 Å². The molecule has 1 rings (SSSR count). The Kier molecular flexibility index (Phi) is 4.88. The maximum Gasteiger partial charge on any atom is 0.338 e. The van der Waals surface area contributed by atoms with E-state index in [0.717, 1.165) is 0 Å². The molecule has 0 aliphatic rings. The first-order valence-electron chi connectivity index (χ1n) is 4.99. The lowest BCUT2D eigenvalue weighted by atomic mass is 10.2. The van der Waals surface area contributed by atoms with Crippen LogP contribution in [0, 0.1) is 18.6 Å². The van der Waals surface area contributed by atoms with Crippen molar-refractivity contribution >= 4 is 32.3 Å². The van der Waals surface area contributed by atoms with Crippen LogP contribution in [0.25, 0.3) is 0 Å². The third kappa shape index (κ3) is 2.73. The second kappa shape index (κ2) is 5.81. The van der Waals surface area contributed by atoms with E-state index in [0.29, 0.717) is 4.90 Å². The fourth-order valence-corrected chi connectivity index (χ4v) is 2.73. The summed E-state index contributed by atoms with van der Waals surface area (Å²) in [5, 5.41) is 0.186. The SMILES string of the molecule is C=C(C)C(=O)Oc1c(F)c(C)c(SC)c(P)c1F. The molecule has 1 atom stereocenters. The van der Waals surface area contributed by atoms with Gasteiger partial charge in [-0.2, -0.15) is 0 Å². The third-order valence-corrected chi connectivity index (χ3v) is 3.98. The fraction of sp³-hybridized carbons (Fsp3) is 0.250. The van der Waals surface area contributed by atoms with Gasteiger partial charge in [-0.05, 0) is 20.1 Å². The Morgan fingerprint density at radius 2 is 1.94 bits per heavy atom. The minimum absolute atomic E-state index is 0.0747. The van der Waals surface area contributed by atoms with Gasteiger partial charge in [0.25, 0.3) is 0 Å². The summed E-state index contributed by atoms with van der Waals surface area (Å²) in [5.74, 6) is -3.28. The molecule has 0 saturated heterocycles. The normalized spacial score (nSPS) is 10.3. The number of esters is 1. The van der Waals surface area contributed by atoms with Crippen molar-refractivity contribution in [2.75, 3.05) is 6.26 Å². The quantitative estimate of drug-likeness (QED) is 0.281. The lowest BCUT2D eigenvalue weighted by molar-refractivity contribution is -0.130. The standard InChI is InChI=1S/C12H13F2O2PS/c1-5(2)12(15)16-9-7(13)6(3)11(18-4)10(17)8(9)14/h1,17H2,2-4H3. The zero-order valence-corrected chi connectivity index (χ0v) is 12.2. The van der Waals surface area contributed by atoms with Crippen LogP contribution in [0.5, 0.6) is 5.75 Å². The number of carbonyl (C=O) groups is 1. The van der Waals surface area contributed by atoms with E-state index in [1.165, 1.54) is 25.6 Å². The molecule has 98 valence electrons. The van der Waals surface area contributed by atoms with Gasteiger partial charge in [0.2, 0.25) is 5.75 Å². The molecule has 1 unspecified atom stereocenters. The summed E-state index contributed by atoms with van der Waals surface area (Å²) in [4.78, 5) is 11.8. The van der Waals surface area contributed by atoms with Gasteiger partial charge in [-0.15, -0.1) is 21.0 Å². The molecule has 0 aliphatic carbocycles. The van der Waals surface area contributed by atoms with E-state index in [1.807, 2.05) is 0 Å².